The number of benzene rings is 2. The average Bonchev–Trinajstić information content (AvgIpc) is 2.79. The van der Waals surface area contributed by atoms with E-state index in [-0.39, 0.29) is 5.91 Å². The number of unbranched alkanes of at least 4 members (excludes halogenated alkanes) is 1. The second-order valence-electron chi connectivity index (χ2n) is 8.58. The number of carbonyl (C=O) groups excluding carboxylic acids is 1. The molecule has 2 aliphatic heterocycles. The van der Waals surface area contributed by atoms with Crippen LogP contribution in [0.5, 0.6) is 5.75 Å². The Hall–Kier alpha value is -2.79. The molecule has 0 atom stereocenters. The van der Waals surface area contributed by atoms with E-state index in [4.69, 9.17) is 4.74 Å². The Morgan fingerprint density at radius 2 is 1.84 bits per heavy atom. The maximum atomic E-state index is 12.5. The Balaban J connectivity index is 1.15. The molecule has 0 radical (unpaired) electrons. The van der Waals surface area contributed by atoms with Crippen LogP contribution < -0.4 is 15.0 Å². The zero-order valence-electron chi connectivity index (χ0n) is 18.7. The molecular weight excluding hydrogens is 386 g/mol. The van der Waals surface area contributed by atoms with Crippen molar-refractivity contribution in [1.29, 1.82) is 0 Å². The predicted octanol–water partition coefficient (Wildman–Crippen LogP) is 3.80. The lowest BCUT2D eigenvalue weighted by atomic mass is 10.0. The van der Waals surface area contributed by atoms with Crippen LogP contribution in [-0.2, 0) is 4.79 Å². The van der Waals surface area contributed by atoms with E-state index < -0.39 is 0 Å². The van der Waals surface area contributed by atoms with Crippen LogP contribution >= 0.6 is 0 Å². The van der Waals surface area contributed by atoms with Gasteiger partial charge in [0.05, 0.1) is 5.57 Å². The second kappa shape index (κ2) is 10.0. The Morgan fingerprint density at radius 3 is 2.65 bits per heavy atom. The van der Waals surface area contributed by atoms with Gasteiger partial charge in [-0.1, -0.05) is 29.8 Å². The van der Waals surface area contributed by atoms with Gasteiger partial charge in [-0.25, -0.2) is 0 Å². The zero-order chi connectivity index (χ0) is 21.6. The first-order valence-corrected chi connectivity index (χ1v) is 11.4. The van der Waals surface area contributed by atoms with Crippen molar-refractivity contribution in [3.63, 3.8) is 0 Å². The van der Waals surface area contributed by atoms with Gasteiger partial charge in [-0.15, -0.1) is 0 Å². The minimum atomic E-state index is -0.0148. The lowest BCUT2D eigenvalue weighted by Gasteiger charge is -2.36. The fourth-order valence-corrected chi connectivity index (χ4v) is 4.33. The summed E-state index contributed by atoms with van der Waals surface area (Å²) in [5.74, 6) is 0.837. The van der Waals surface area contributed by atoms with Crippen molar-refractivity contribution in [3.8, 4) is 5.75 Å². The summed E-state index contributed by atoms with van der Waals surface area (Å²) >= 11 is 0. The van der Waals surface area contributed by atoms with Crippen LogP contribution in [0.25, 0.3) is 6.08 Å². The third-order valence-electron chi connectivity index (χ3n) is 6.18. The maximum Gasteiger partial charge on any atom is 0.250 e. The highest BCUT2D eigenvalue weighted by Crippen LogP contribution is 2.27. The van der Waals surface area contributed by atoms with Gasteiger partial charge < -0.3 is 15.0 Å². The highest BCUT2D eigenvalue weighted by atomic mass is 16.5. The van der Waals surface area contributed by atoms with Gasteiger partial charge in [-0.2, -0.15) is 0 Å². The van der Waals surface area contributed by atoms with Gasteiger partial charge in [-0.3, -0.25) is 9.69 Å². The molecule has 0 saturated carbocycles. The van der Waals surface area contributed by atoms with Crippen molar-refractivity contribution in [1.82, 2.24) is 10.2 Å². The molecule has 2 aromatic rings. The number of ether oxygens (including phenoxy) is 1. The van der Waals surface area contributed by atoms with Crippen LogP contribution in [0.1, 0.15) is 29.5 Å². The van der Waals surface area contributed by atoms with E-state index in [2.05, 4.69) is 52.4 Å². The van der Waals surface area contributed by atoms with E-state index in [9.17, 15) is 4.79 Å². The number of piperazine rings is 1. The summed E-state index contributed by atoms with van der Waals surface area (Å²) in [5.41, 5.74) is 5.57. The lowest BCUT2D eigenvalue weighted by molar-refractivity contribution is -0.117. The van der Waals surface area contributed by atoms with E-state index in [1.54, 1.807) is 0 Å². The molecule has 0 aromatic heterocycles. The van der Waals surface area contributed by atoms with Gasteiger partial charge in [0, 0.05) is 44.0 Å². The molecule has 1 amide bonds. The molecule has 2 aromatic carbocycles. The number of hydrogen-bond acceptors (Lipinski definition) is 4. The van der Waals surface area contributed by atoms with E-state index in [1.165, 1.54) is 16.8 Å². The molecule has 0 bridgehead atoms. The van der Waals surface area contributed by atoms with Gasteiger partial charge in [0.15, 0.2) is 0 Å². The van der Waals surface area contributed by atoms with E-state index in [0.29, 0.717) is 18.7 Å². The smallest absolute Gasteiger partial charge is 0.250 e. The second-order valence-corrected chi connectivity index (χ2v) is 8.58. The average molecular weight is 420 g/mol. The predicted molar refractivity (Wildman–Crippen MR) is 127 cm³/mol. The van der Waals surface area contributed by atoms with Gasteiger partial charge in [0.1, 0.15) is 12.4 Å². The van der Waals surface area contributed by atoms with Crippen molar-refractivity contribution in [2.24, 2.45) is 0 Å². The number of carbonyl (C=O) groups is 1. The van der Waals surface area contributed by atoms with E-state index in [1.807, 2.05) is 25.1 Å². The Morgan fingerprint density at radius 1 is 1.03 bits per heavy atom. The molecule has 1 N–H and O–H groups in total. The highest BCUT2D eigenvalue weighted by Gasteiger charge is 2.19. The number of amides is 1. The van der Waals surface area contributed by atoms with Crippen molar-refractivity contribution < 1.29 is 9.53 Å². The molecule has 164 valence electrons. The number of nitrogens with one attached hydrogen (secondary N) is 1. The number of fused-ring (bicyclic) bond motifs is 1. The highest BCUT2D eigenvalue weighted by molar-refractivity contribution is 5.99. The van der Waals surface area contributed by atoms with E-state index >= 15 is 0 Å². The monoisotopic (exact) mass is 419 g/mol. The molecule has 31 heavy (non-hydrogen) atoms. The topological polar surface area (TPSA) is 44.8 Å². The maximum absolute atomic E-state index is 12.5. The summed E-state index contributed by atoms with van der Waals surface area (Å²) in [4.78, 5) is 17.5. The number of hydrogen-bond donors (Lipinski definition) is 1. The minimum absolute atomic E-state index is 0.0148. The number of rotatable bonds is 7. The van der Waals surface area contributed by atoms with Crippen molar-refractivity contribution in [2.45, 2.75) is 26.7 Å². The fraction of sp³-hybridized carbons (Fsp3) is 0.423. The molecule has 0 unspecified atom stereocenters. The Kier molecular flexibility index (Phi) is 6.92. The summed E-state index contributed by atoms with van der Waals surface area (Å²) in [6.45, 7) is 10.7. The Bertz CT molecular complexity index is 945. The van der Waals surface area contributed by atoms with Gasteiger partial charge in [-0.05, 0) is 63.1 Å². The summed E-state index contributed by atoms with van der Waals surface area (Å²) in [6, 6.07) is 14.7. The van der Waals surface area contributed by atoms with Crippen LogP contribution in [0.2, 0.25) is 0 Å². The number of aryl methyl sites for hydroxylation is 2. The van der Waals surface area contributed by atoms with E-state index in [0.717, 1.165) is 56.9 Å². The third kappa shape index (κ3) is 5.47. The molecule has 1 fully saturated rings. The molecule has 0 aliphatic carbocycles. The fourth-order valence-electron chi connectivity index (χ4n) is 4.33. The van der Waals surface area contributed by atoms with Gasteiger partial charge in [0.2, 0.25) is 0 Å². The molecule has 5 nitrogen and oxygen atoms in total. The molecule has 2 aliphatic rings. The van der Waals surface area contributed by atoms with Crippen LogP contribution in [0.15, 0.2) is 48.0 Å². The Labute approximate surface area is 185 Å². The van der Waals surface area contributed by atoms with Crippen LogP contribution in [0.4, 0.5) is 5.69 Å². The molecule has 2 heterocycles. The summed E-state index contributed by atoms with van der Waals surface area (Å²) < 4.78 is 5.73. The van der Waals surface area contributed by atoms with Crippen molar-refractivity contribution in [2.75, 3.05) is 50.8 Å². The van der Waals surface area contributed by atoms with Crippen LogP contribution in [0, 0.1) is 13.8 Å². The summed E-state index contributed by atoms with van der Waals surface area (Å²) in [6.07, 6.45) is 4.05. The SMILES string of the molecule is Cc1ccc2c(c1)C=C(C(=O)NCCCCN1CCN(c3ccccc3C)CC1)CO2. The molecule has 1 saturated heterocycles. The molecule has 0 spiro atoms. The van der Waals surface area contributed by atoms with Gasteiger partial charge >= 0.3 is 0 Å². The number of para-hydroxylation sites is 1. The third-order valence-corrected chi connectivity index (χ3v) is 6.18. The zero-order valence-corrected chi connectivity index (χ0v) is 18.7. The lowest BCUT2D eigenvalue weighted by Crippen LogP contribution is -2.46. The molecular formula is C26H33N3O2. The minimum Gasteiger partial charge on any atom is -0.488 e. The number of anilines is 1. The summed E-state index contributed by atoms with van der Waals surface area (Å²) in [7, 11) is 0. The summed E-state index contributed by atoms with van der Waals surface area (Å²) in [5, 5.41) is 3.06. The van der Waals surface area contributed by atoms with Crippen molar-refractivity contribution in [3.05, 3.63) is 64.7 Å². The van der Waals surface area contributed by atoms with Gasteiger partial charge in [0.25, 0.3) is 5.91 Å². The largest absolute Gasteiger partial charge is 0.488 e. The number of nitrogens with zero attached hydrogens (tertiary/aromatic N) is 2. The first kappa shape index (κ1) is 21.4. The molecule has 5 heteroatoms. The quantitative estimate of drug-likeness (QED) is 0.694. The van der Waals surface area contributed by atoms with Crippen LogP contribution in [-0.4, -0.2) is 56.7 Å². The first-order chi connectivity index (χ1) is 15.1. The molecule has 4 rings (SSSR count). The standard InChI is InChI=1S/C26H33N3O2/c1-20-9-10-25-22(17-20)18-23(19-31-25)26(30)27-11-5-6-12-28-13-15-29(16-14-28)24-8-4-3-7-21(24)2/h3-4,7-10,17-18H,5-6,11-16,19H2,1-2H3,(H,27,30). The first-order valence-electron chi connectivity index (χ1n) is 11.4. The normalized spacial score (nSPS) is 16.3. The van der Waals surface area contributed by atoms with Crippen LogP contribution in [0.3, 0.4) is 0 Å². The van der Waals surface area contributed by atoms with Crippen molar-refractivity contribution >= 4 is 17.7 Å².